The third-order valence-corrected chi connectivity index (χ3v) is 3.94. The lowest BCUT2D eigenvalue weighted by Crippen LogP contribution is -2.47. The molecule has 1 aliphatic rings. The Morgan fingerprint density at radius 2 is 2.22 bits per heavy atom. The molecule has 102 valence electrons. The average Bonchev–Trinajstić information content (AvgIpc) is 2.71. The summed E-state index contributed by atoms with van der Waals surface area (Å²) in [5.74, 6) is 1.74. The van der Waals surface area contributed by atoms with Crippen LogP contribution < -0.4 is 10.6 Å². The summed E-state index contributed by atoms with van der Waals surface area (Å²) in [7, 11) is 0. The second-order valence-electron chi connectivity index (χ2n) is 5.44. The van der Waals surface area contributed by atoms with Gasteiger partial charge in [-0.05, 0) is 25.7 Å². The molecule has 2 heterocycles. The number of rotatable bonds is 4. The molecule has 1 saturated heterocycles. The standard InChI is InChI=1S/C14H26N4/c1-4-7-17-9-11(3)16-14(17)18-8-6-13(15)12(5-2)10-18/h9,12-13H,4-8,10,15H2,1-3H3. The van der Waals surface area contributed by atoms with E-state index in [0.29, 0.717) is 12.0 Å². The summed E-state index contributed by atoms with van der Waals surface area (Å²) in [6.07, 6.45) is 5.54. The van der Waals surface area contributed by atoms with Crippen molar-refractivity contribution in [3.05, 3.63) is 11.9 Å². The quantitative estimate of drug-likeness (QED) is 0.891. The van der Waals surface area contributed by atoms with Gasteiger partial charge in [0, 0.05) is 31.9 Å². The van der Waals surface area contributed by atoms with Crippen LogP contribution in [0.15, 0.2) is 6.20 Å². The van der Waals surface area contributed by atoms with Gasteiger partial charge in [0.15, 0.2) is 0 Å². The van der Waals surface area contributed by atoms with Gasteiger partial charge >= 0.3 is 0 Å². The lowest BCUT2D eigenvalue weighted by Gasteiger charge is -2.37. The highest BCUT2D eigenvalue weighted by Gasteiger charge is 2.27. The fourth-order valence-electron chi connectivity index (χ4n) is 2.86. The van der Waals surface area contributed by atoms with E-state index in [1.54, 1.807) is 0 Å². The molecule has 1 fully saturated rings. The number of nitrogens with zero attached hydrogens (tertiary/aromatic N) is 3. The van der Waals surface area contributed by atoms with Crippen molar-refractivity contribution < 1.29 is 0 Å². The van der Waals surface area contributed by atoms with Crippen LogP contribution >= 0.6 is 0 Å². The van der Waals surface area contributed by atoms with Gasteiger partial charge in [0.2, 0.25) is 5.95 Å². The molecule has 1 aromatic heterocycles. The molecule has 0 spiro atoms. The molecule has 2 atom stereocenters. The van der Waals surface area contributed by atoms with Crippen molar-refractivity contribution in [2.45, 2.75) is 52.6 Å². The molecule has 18 heavy (non-hydrogen) atoms. The van der Waals surface area contributed by atoms with Gasteiger partial charge in [-0.1, -0.05) is 20.3 Å². The van der Waals surface area contributed by atoms with Gasteiger partial charge in [-0.2, -0.15) is 0 Å². The Bertz CT molecular complexity index is 385. The lowest BCUT2D eigenvalue weighted by molar-refractivity contribution is 0.343. The van der Waals surface area contributed by atoms with Gasteiger partial charge in [-0.3, -0.25) is 0 Å². The number of imidazole rings is 1. The zero-order valence-electron chi connectivity index (χ0n) is 11.9. The summed E-state index contributed by atoms with van der Waals surface area (Å²) in [6.45, 7) is 9.66. The number of anilines is 1. The van der Waals surface area contributed by atoms with E-state index in [2.05, 4.69) is 36.4 Å². The van der Waals surface area contributed by atoms with E-state index in [9.17, 15) is 0 Å². The highest BCUT2D eigenvalue weighted by molar-refractivity contribution is 5.34. The third kappa shape index (κ3) is 2.69. The van der Waals surface area contributed by atoms with E-state index in [-0.39, 0.29) is 0 Å². The van der Waals surface area contributed by atoms with Crippen LogP contribution in [0.3, 0.4) is 0 Å². The maximum atomic E-state index is 6.18. The molecule has 0 bridgehead atoms. The van der Waals surface area contributed by atoms with Crippen molar-refractivity contribution in [2.24, 2.45) is 11.7 Å². The topological polar surface area (TPSA) is 47.1 Å². The minimum Gasteiger partial charge on any atom is -0.342 e. The van der Waals surface area contributed by atoms with Crippen molar-refractivity contribution >= 4 is 5.95 Å². The van der Waals surface area contributed by atoms with E-state index in [4.69, 9.17) is 10.7 Å². The van der Waals surface area contributed by atoms with Crippen molar-refractivity contribution in [2.75, 3.05) is 18.0 Å². The normalized spacial score (nSPS) is 24.6. The molecule has 0 amide bonds. The van der Waals surface area contributed by atoms with Gasteiger partial charge < -0.3 is 15.2 Å². The Labute approximate surface area is 110 Å². The summed E-state index contributed by atoms with van der Waals surface area (Å²) in [4.78, 5) is 7.11. The first-order valence-electron chi connectivity index (χ1n) is 7.20. The first kappa shape index (κ1) is 13.4. The van der Waals surface area contributed by atoms with Crippen LogP contribution in [0.25, 0.3) is 0 Å². The zero-order valence-corrected chi connectivity index (χ0v) is 11.9. The van der Waals surface area contributed by atoms with Gasteiger partial charge in [0.1, 0.15) is 0 Å². The van der Waals surface area contributed by atoms with Crippen LogP contribution in [0, 0.1) is 12.8 Å². The first-order valence-corrected chi connectivity index (χ1v) is 7.20. The Morgan fingerprint density at radius 1 is 1.44 bits per heavy atom. The van der Waals surface area contributed by atoms with E-state index < -0.39 is 0 Å². The largest absolute Gasteiger partial charge is 0.342 e. The SMILES string of the molecule is CCCn1cc(C)nc1N1CCC(N)C(CC)C1. The van der Waals surface area contributed by atoms with Crippen molar-refractivity contribution in [3.8, 4) is 0 Å². The number of aromatic nitrogens is 2. The zero-order chi connectivity index (χ0) is 13.1. The fraction of sp³-hybridized carbons (Fsp3) is 0.786. The molecule has 0 aromatic carbocycles. The van der Waals surface area contributed by atoms with Crippen LogP contribution in [0.4, 0.5) is 5.95 Å². The average molecular weight is 250 g/mol. The summed E-state index contributed by atoms with van der Waals surface area (Å²) in [6, 6.07) is 0.363. The van der Waals surface area contributed by atoms with Gasteiger partial charge in [0.25, 0.3) is 0 Å². The maximum absolute atomic E-state index is 6.18. The number of hydrogen-bond acceptors (Lipinski definition) is 3. The summed E-state index contributed by atoms with van der Waals surface area (Å²) in [5, 5.41) is 0. The molecule has 4 heteroatoms. The molecule has 2 N–H and O–H groups in total. The molecule has 4 nitrogen and oxygen atoms in total. The summed E-state index contributed by atoms with van der Waals surface area (Å²) < 4.78 is 2.29. The predicted molar refractivity (Wildman–Crippen MR) is 75.8 cm³/mol. The Kier molecular flexibility index (Phi) is 4.27. The highest BCUT2D eigenvalue weighted by atomic mass is 15.3. The van der Waals surface area contributed by atoms with E-state index in [1.165, 1.54) is 0 Å². The first-order chi connectivity index (χ1) is 8.65. The van der Waals surface area contributed by atoms with Crippen molar-refractivity contribution in [3.63, 3.8) is 0 Å². The molecule has 0 aliphatic carbocycles. The predicted octanol–water partition coefficient (Wildman–Crippen LogP) is 2.17. The van der Waals surface area contributed by atoms with Crippen molar-refractivity contribution in [1.29, 1.82) is 0 Å². The van der Waals surface area contributed by atoms with Crippen LogP contribution in [-0.4, -0.2) is 28.7 Å². The molecule has 0 saturated carbocycles. The number of nitrogens with two attached hydrogens (primary N) is 1. The van der Waals surface area contributed by atoms with E-state index >= 15 is 0 Å². The van der Waals surface area contributed by atoms with Crippen LogP contribution in [0.2, 0.25) is 0 Å². The summed E-state index contributed by atoms with van der Waals surface area (Å²) in [5.41, 5.74) is 7.29. The van der Waals surface area contributed by atoms with E-state index in [0.717, 1.165) is 50.5 Å². The Morgan fingerprint density at radius 3 is 2.89 bits per heavy atom. The van der Waals surface area contributed by atoms with Crippen LogP contribution in [-0.2, 0) is 6.54 Å². The smallest absolute Gasteiger partial charge is 0.205 e. The number of hydrogen-bond donors (Lipinski definition) is 1. The number of piperidine rings is 1. The van der Waals surface area contributed by atoms with E-state index in [1.807, 2.05) is 0 Å². The summed E-state index contributed by atoms with van der Waals surface area (Å²) >= 11 is 0. The lowest BCUT2D eigenvalue weighted by atomic mass is 9.91. The van der Waals surface area contributed by atoms with Gasteiger partial charge in [-0.15, -0.1) is 0 Å². The van der Waals surface area contributed by atoms with Gasteiger partial charge in [0.05, 0.1) is 5.69 Å². The molecule has 1 aliphatic heterocycles. The minimum atomic E-state index is 0.363. The number of aryl methyl sites for hydroxylation is 2. The Balaban J connectivity index is 2.15. The molecule has 2 unspecified atom stereocenters. The fourth-order valence-corrected chi connectivity index (χ4v) is 2.86. The molecule has 1 aromatic rings. The molecule has 2 rings (SSSR count). The van der Waals surface area contributed by atoms with Crippen molar-refractivity contribution in [1.82, 2.24) is 9.55 Å². The molecular formula is C14H26N4. The monoisotopic (exact) mass is 250 g/mol. The third-order valence-electron chi connectivity index (χ3n) is 3.94. The second kappa shape index (κ2) is 5.74. The molecule has 0 radical (unpaired) electrons. The maximum Gasteiger partial charge on any atom is 0.205 e. The van der Waals surface area contributed by atoms with Crippen LogP contribution in [0.1, 0.15) is 38.8 Å². The highest BCUT2D eigenvalue weighted by Crippen LogP contribution is 2.24. The van der Waals surface area contributed by atoms with Gasteiger partial charge in [-0.25, -0.2) is 4.98 Å². The molecular weight excluding hydrogens is 224 g/mol. The minimum absolute atomic E-state index is 0.363. The van der Waals surface area contributed by atoms with Crippen LogP contribution in [0.5, 0.6) is 0 Å². The Hall–Kier alpha value is -1.03. The second-order valence-corrected chi connectivity index (χ2v) is 5.44.